The smallest absolute Gasteiger partial charge is 0.272 e. The van der Waals surface area contributed by atoms with Gasteiger partial charge in [-0.25, -0.2) is 4.98 Å². The quantitative estimate of drug-likeness (QED) is 0.448. The van der Waals surface area contributed by atoms with E-state index in [0.29, 0.717) is 23.0 Å². The third-order valence-electron chi connectivity index (χ3n) is 5.86. The highest BCUT2D eigenvalue weighted by Gasteiger charge is 2.34. The number of amides is 1. The van der Waals surface area contributed by atoms with Crippen molar-refractivity contribution in [2.24, 2.45) is 0 Å². The number of benzene rings is 2. The highest BCUT2D eigenvalue weighted by Crippen LogP contribution is 2.42. The molecule has 0 saturated heterocycles. The zero-order valence-corrected chi connectivity index (χ0v) is 20.0. The van der Waals surface area contributed by atoms with Gasteiger partial charge in [-0.15, -0.1) is 5.10 Å². The van der Waals surface area contributed by atoms with E-state index in [1.807, 2.05) is 69.3 Å². The first-order chi connectivity index (χ1) is 16.9. The van der Waals surface area contributed by atoms with E-state index >= 15 is 0 Å². The zero-order valence-electron chi connectivity index (χ0n) is 20.0. The molecule has 2 aromatic carbocycles. The molecule has 4 aromatic rings. The summed E-state index contributed by atoms with van der Waals surface area (Å²) in [4.78, 5) is 17.5. The second kappa shape index (κ2) is 9.17. The molecule has 1 atom stereocenters. The molecule has 0 fully saturated rings. The largest absolute Gasteiger partial charge is 0.493 e. The van der Waals surface area contributed by atoms with E-state index in [4.69, 9.17) is 9.47 Å². The van der Waals surface area contributed by atoms with Crippen molar-refractivity contribution < 1.29 is 14.3 Å². The fourth-order valence-electron chi connectivity index (χ4n) is 4.36. The normalized spacial score (nSPS) is 15.0. The average Bonchev–Trinajstić information content (AvgIpc) is 3.20. The predicted octanol–water partition coefficient (Wildman–Crippen LogP) is 4.30. The molecule has 0 aliphatic carbocycles. The maximum Gasteiger partial charge on any atom is 0.272 e. The molecule has 0 radical (unpaired) electrons. The minimum Gasteiger partial charge on any atom is -0.493 e. The van der Waals surface area contributed by atoms with Crippen LogP contribution in [0.5, 0.6) is 11.5 Å². The van der Waals surface area contributed by atoms with Crippen LogP contribution in [-0.4, -0.2) is 44.1 Å². The van der Waals surface area contributed by atoms with E-state index in [0.717, 1.165) is 22.4 Å². The van der Waals surface area contributed by atoms with Crippen molar-refractivity contribution in [3.63, 3.8) is 0 Å². The number of hydrogen-bond acceptors (Lipinski definition) is 7. The number of nitrogens with one attached hydrogen (secondary N) is 1. The summed E-state index contributed by atoms with van der Waals surface area (Å²) < 4.78 is 13.0. The summed E-state index contributed by atoms with van der Waals surface area (Å²) in [6.45, 7) is 5.85. The van der Waals surface area contributed by atoms with E-state index < -0.39 is 0 Å². The summed E-state index contributed by atoms with van der Waals surface area (Å²) in [5, 5.41) is 16.0. The molecule has 2 aromatic heterocycles. The first kappa shape index (κ1) is 22.5. The van der Waals surface area contributed by atoms with Crippen LogP contribution in [0.1, 0.15) is 43.0 Å². The molecule has 0 spiro atoms. The van der Waals surface area contributed by atoms with Gasteiger partial charge < -0.3 is 14.8 Å². The molecule has 9 heteroatoms. The number of aryl methyl sites for hydroxylation is 1. The van der Waals surface area contributed by atoms with Gasteiger partial charge in [0.2, 0.25) is 5.91 Å². The number of aromatic nitrogens is 5. The number of anilines is 1. The summed E-state index contributed by atoms with van der Waals surface area (Å²) in [7, 11) is 1.61. The van der Waals surface area contributed by atoms with E-state index in [1.54, 1.807) is 18.0 Å². The van der Waals surface area contributed by atoms with Crippen molar-refractivity contribution >= 4 is 11.7 Å². The highest BCUT2D eigenvalue weighted by atomic mass is 16.5. The molecule has 35 heavy (non-hydrogen) atoms. The lowest BCUT2D eigenvalue weighted by molar-refractivity contribution is -0.116. The minimum absolute atomic E-state index is 0.0162. The second-order valence-corrected chi connectivity index (χ2v) is 8.65. The molecule has 0 bridgehead atoms. The molecule has 3 heterocycles. The average molecular weight is 471 g/mol. The molecule has 1 amide bonds. The van der Waals surface area contributed by atoms with Gasteiger partial charge in [0.15, 0.2) is 11.5 Å². The Kier molecular flexibility index (Phi) is 5.90. The Hall–Kier alpha value is -4.27. The third-order valence-corrected chi connectivity index (χ3v) is 5.86. The predicted molar refractivity (Wildman–Crippen MR) is 131 cm³/mol. The van der Waals surface area contributed by atoms with Crippen LogP contribution in [0.2, 0.25) is 0 Å². The number of methoxy groups -OCH3 is 1. The van der Waals surface area contributed by atoms with Crippen LogP contribution in [0.15, 0.2) is 54.7 Å². The van der Waals surface area contributed by atoms with Gasteiger partial charge in [-0.05, 0) is 38.5 Å². The number of hydrogen-bond donors (Lipinski definition) is 1. The lowest BCUT2D eigenvalue weighted by Crippen LogP contribution is -2.25. The molecule has 1 aliphatic heterocycles. The number of rotatable bonds is 6. The second-order valence-electron chi connectivity index (χ2n) is 8.65. The molecule has 178 valence electrons. The van der Waals surface area contributed by atoms with Gasteiger partial charge in [0.1, 0.15) is 5.82 Å². The lowest BCUT2D eigenvalue weighted by Gasteiger charge is -2.25. The van der Waals surface area contributed by atoms with E-state index in [2.05, 4.69) is 25.6 Å². The van der Waals surface area contributed by atoms with Crippen LogP contribution in [-0.2, 0) is 4.79 Å². The highest BCUT2D eigenvalue weighted by molar-refractivity contribution is 5.95. The Morgan fingerprint density at radius 2 is 1.91 bits per heavy atom. The summed E-state index contributed by atoms with van der Waals surface area (Å²) in [5.74, 6) is 1.80. The van der Waals surface area contributed by atoms with E-state index in [-0.39, 0.29) is 30.3 Å². The maximum absolute atomic E-state index is 12.8. The van der Waals surface area contributed by atoms with Gasteiger partial charge in [-0.1, -0.05) is 36.4 Å². The molecule has 0 saturated carbocycles. The summed E-state index contributed by atoms with van der Waals surface area (Å²) in [6, 6.07) is 15.5. The van der Waals surface area contributed by atoms with Crippen molar-refractivity contribution in [2.75, 3.05) is 12.4 Å². The Balaban J connectivity index is 1.58. The van der Waals surface area contributed by atoms with Crippen LogP contribution in [0.3, 0.4) is 0 Å². The van der Waals surface area contributed by atoms with Crippen LogP contribution in [0, 0.1) is 6.92 Å². The number of ether oxygens (including phenoxy) is 2. The van der Waals surface area contributed by atoms with Crippen molar-refractivity contribution in [1.29, 1.82) is 0 Å². The van der Waals surface area contributed by atoms with E-state index in [9.17, 15) is 4.79 Å². The minimum atomic E-state index is -0.209. The fraction of sp³-hybridized carbons (Fsp3) is 0.269. The molecule has 1 aliphatic rings. The summed E-state index contributed by atoms with van der Waals surface area (Å²) >= 11 is 0. The van der Waals surface area contributed by atoms with Crippen molar-refractivity contribution in [3.05, 3.63) is 71.5 Å². The first-order valence-electron chi connectivity index (χ1n) is 11.4. The first-order valence-corrected chi connectivity index (χ1v) is 11.4. The van der Waals surface area contributed by atoms with Gasteiger partial charge in [-0.3, -0.25) is 4.79 Å². The van der Waals surface area contributed by atoms with Crippen LogP contribution >= 0.6 is 0 Å². The van der Waals surface area contributed by atoms with Crippen LogP contribution < -0.4 is 14.8 Å². The molecule has 1 N–H and O–H groups in total. The SMILES string of the molecule is COc1cc([C@@H]2CC(=O)Nc3c2c(C)nn3-c2nncc(-c3ccccc3)n2)ccc1OC(C)C. The monoisotopic (exact) mass is 470 g/mol. The van der Waals surface area contributed by atoms with Gasteiger partial charge in [0.25, 0.3) is 5.95 Å². The summed E-state index contributed by atoms with van der Waals surface area (Å²) in [5.41, 5.74) is 4.22. The zero-order chi connectivity index (χ0) is 24.5. The van der Waals surface area contributed by atoms with E-state index in [1.165, 1.54) is 0 Å². The number of carbonyl (C=O) groups excluding carboxylic acids is 1. The number of fused-ring (bicyclic) bond motifs is 1. The maximum atomic E-state index is 12.8. The van der Waals surface area contributed by atoms with Crippen molar-refractivity contribution in [3.8, 4) is 28.7 Å². The third kappa shape index (κ3) is 4.32. The molecular formula is C26H26N6O3. The topological polar surface area (TPSA) is 104 Å². The molecule has 0 unspecified atom stereocenters. The van der Waals surface area contributed by atoms with Crippen molar-refractivity contribution in [1.82, 2.24) is 25.0 Å². The van der Waals surface area contributed by atoms with Crippen molar-refractivity contribution in [2.45, 2.75) is 39.2 Å². The van der Waals surface area contributed by atoms with Crippen LogP contribution in [0.4, 0.5) is 5.82 Å². The Morgan fingerprint density at radius 1 is 1.11 bits per heavy atom. The number of nitrogens with zero attached hydrogens (tertiary/aromatic N) is 5. The molecular weight excluding hydrogens is 444 g/mol. The van der Waals surface area contributed by atoms with Gasteiger partial charge in [0, 0.05) is 23.5 Å². The Morgan fingerprint density at radius 3 is 2.66 bits per heavy atom. The number of carbonyl (C=O) groups is 1. The Bertz CT molecular complexity index is 1380. The Labute approximate surface area is 203 Å². The van der Waals surface area contributed by atoms with Gasteiger partial charge in [0.05, 0.1) is 30.8 Å². The molecule has 9 nitrogen and oxygen atoms in total. The lowest BCUT2D eigenvalue weighted by atomic mass is 9.85. The fourth-order valence-corrected chi connectivity index (χ4v) is 4.36. The molecule has 5 rings (SSSR count). The summed E-state index contributed by atoms with van der Waals surface area (Å²) in [6.07, 6.45) is 1.91. The standard InChI is InChI=1S/C26H26N6O3/c1-15(2)35-21-11-10-18(12-22(21)34-4)19-13-23(33)29-25-24(19)16(3)31-32(25)26-28-20(14-27-30-26)17-8-6-5-7-9-17/h5-12,14-15,19H,13H2,1-4H3,(H,29,33)/t19-/m0/s1. The van der Waals surface area contributed by atoms with Gasteiger partial charge >= 0.3 is 0 Å². The van der Waals surface area contributed by atoms with Crippen LogP contribution in [0.25, 0.3) is 17.2 Å². The van der Waals surface area contributed by atoms with Gasteiger partial charge in [-0.2, -0.15) is 14.9 Å².